The standard InChI is InChI=1S/C10H12BrN3O2.C4H2Br2N2/c11-8-5-13-9(6-12-8)14-3-1-7(2-4-14)10(15)16;5-3-1-7-4(6)2-8-3/h5-7H,1-4H2,(H,15,16);1-2H. The second kappa shape index (κ2) is 9.38. The van der Waals surface area contributed by atoms with Crippen LogP contribution >= 0.6 is 47.8 Å². The van der Waals surface area contributed by atoms with E-state index in [0.29, 0.717) is 17.4 Å². The highest BCUT2D eigenvalue weighted by molar-refractivity contribution is 9.11. The van der Waals surface area contributed by atoms with E-state index in [2.05, 4.69) is 72.6 Å². The first-order valence-electron chi connectivity index (χ1n) is 7.04. The predicted octanol–water partition coefficient (Wildman–Crippen LogP) is 3.54. The molecule has 0 radical (unpaired) electrons. The van der Waals surface area contributed by atoms with Gasteiger partial charge < -0.3 is 10.0 Å². The maximum atomic E-state index is 10.8. The molecule has 3 heterocycles. The van der Waals surface area contributed by atoms with E-state index in [9.17, 15) is 4.79 Å². The fourth-order valence-corrected chi connectivity index (χ4v) is 2.74. The third kappa shape index (κ3) is 6.06. The van der Waals surface area contributed by atoms with Crippen LogP contribution in [0.15, 0.2) is 38.6 Å². The summed E-state index contributed by atoms with van der Waals surface area (Å²) in [5.41, 5.74) is 0. The summed E-state index contributed by atoms with van der Waals surface area (Å²) in [4.78, 5) is 29.0. The van der Waals surface area contributed by atoms with Crippen LogP contribution in [0.3, 0.4) is 0 Å². The van der Waals surface area contributed by atoms with Crippen LogP contribution in [-0.2, 0) is 4.79 Å². The number of rotatable bonds is 2. The molecular weight excluding hydrogens is 510 g/mol. The maximum absolute atomic E-state index is 10.8. The second-order valence-corrected chi connectivity index (χ2v) is 7.40. The van der Waals surface area contributed by atoms with E-state index in [1.165, 1.54) is 0 Å². The Labute approximate surface area is 164 Å². The van der Waals surface area contributed by atoms with E-state index >= 15 is 0 Å². The average Bonchev–Trinajstić information content (AvgIpc) is 2.59. The number of aliphatic carboxylic acids is 1. The maximum Gasteiger partial charge on any atom is 0.306 e. The number of carbonyl (C=O) groups is 1. The van der Waals surface area contributed by atoms with Gasteiger partial charge in [0.05, 0.1) is 30.7 Å². The van der Waals surface area contributed by atoms with Gasteiger partial charge in [-0.05, 0) is 60.6 Å². The molecule has 3 rings (SSSR count). The Morgan fingerprint density at radius 3 is 1.75 bits per heavy atom. The second-order valence-electron chi connectivity index (χ2n) is 4.96. The van der Waals surface area contributed by atoms with Gasteiger partial charge in [0, 0.05) is 13.1 Å². The lowest BCUT2D eigenvalue weighted by Gasteiger charge is -2.30. The molecule has 0 aliphatic carbocycles. The number of carboxylic acids is 1. The first-order valence-corrected chi connectivity index (χ1v) is 9.42. The topological polar surface area (TPSA) is 92.1 Å². The molecule has 0 spiro atoms. The van der Waals surface area contributed by atoms with Gasteiger partial charge in [0.15, 0.2) is 0 Å². The van der Waals surface area contributed by atoms with Gasteiger partial charge in [0.2, 0.25) is 0 Å². The zero-order valence-electron chi connectivity index (χ0n) is 12.4. The van der Waals surface area contributed by atoms with Crippen LogP contribution in [0.1, 0.15) is 12.8 Å². The van der Waals surface area contributed by atoms with E-state index in [0.717, 1.165) is 28.1 Å². The number of hydrogen-bond acceptors (Lipinski definition) is 6. The van der Waals surface area contributed by atoms with Crippen molar-refractivity contribution in [3.8, 4) is 0 Å². The Morgan fingerprint density at radius 1 is 0.917 bits per heavy atom. The molecule has 1 fully saturated rings. The van der Waals surface area contributed by atoms with Crippen LogP contribution in [0.5, 0.6) is 0 Å². The number of aromatic nitrogens is 4. The zero-order valence-corrected chi connectivity index (χ0v) is 17.2. The molecule has 7 nitrogen and oxygen atoms in total. The molecule has 0 amide bonds. The minimum Gasteiger partial charge on any atom is -0.481 e. The summed E-state index contributed by atoms with van der Waals surface area (Å²) in [6, 6.07) is 0. The molecule has 0 bridgehead atoms. The van der Waals surface area contributed by atoms with Gasteiger partial charge in [-0.15, -0.1) is 0 Å². The van der Waals surface area contributed by atoms with Gasteiger partial charge in [0.1, 0.15) is 19.6 Å². The average molecular weight is 524 g/mol. The highest BCUT2D eigenvalue weighted by atomic mass is 79.9. The largest absolute Gasteiger partial charge is 0.481 e. The molecule has 1 saturated heterocycles. The van der Waals surface area contributed by atoms with Crippen molar-refractivity contribution in [3.63, 3.8) is 0 Å². The monoisotopic (exact) mass is 521 g/mol. The molecule has 0 unspecified atom stereocenters. The summed E-state index contributed by atoms with van der Waals surface area (Å²) in [5.74, 6) is -0.0896. The number of halogens is 3. The number of carboxylic acid groups (broad SMARTS) is 1. The van der Waals surface area contributed by atoms with Gasteiger partial charge in [0.25, 0.3) is 0 Å². The highest BCUT2D eigenvalue weighted by Gasteiger charge is 2.25. The van der Waals surface area contributed by atoms with E-state index in [1.807, 2.05) is 0 Å². The molecule has 1 N–H and O–H groups in total. The number of nitrogens with zero attached hydrogens (tertiary/aromatic N) is 5. The lowest BCUT2D eigenvalue weighted by Crippen LogP contribution is -2.36. The van der Waals surface area contributed by atoms with Crippen molar-refractivity contribution in [1.82, 2.24) is 19.9 Å². The van der Waals surface area contributed by atoms with E-state index < -0.39 is 5.97 Å². The normalized spacial score (nSPS) is 14.7. The molecule has 10 heteroatoms. The van der Waals surface area contributed by atoms with Crippen LogP contribution in [0, 0.1) is 5.92 Å². The van der Waals surface area contributed by atoms with Crippen molar-refractivity contribution >= 4 is 59.6 Å². The highest BCUT2D eigenvalue weighted by Crippen LogP contribution is 2.21. The number of piperidine rings is 1. The fraction of sp³-hybridized carbons (Fsp3) is 0.357. The minimum absolute atomic E-state index is 0.209. The molecule has 24 heavy (non-hydrogen) atoms. The molecule has 0 saturated carbocycles. The summed E-state index contributed by atoms with van der Waals surface area (Å²) in [7, 11) is 0. The Kier molecular flexibility index (Phi) is 7.50. The van der Waals surface area contributed by atoms with Gasteiger partial charge in [-0.25, -0.2) is 19.9 Å². The van der Waals surface area contributed by atoms with Crippen LogP contribution in [0.2, 0.25) is 0 Å². The van der Waals surface area contributed by atoms with Crippen molar-refractivity contribution in [2.75, 3.05) is 18.0 Å². The first kappa shape index (κ1) is 19.2. The Morgan fingerprint density at radius 2 is 1.38 bits per heavy atom. The Bertz CT molecular complexity index is 640. The quantitative estimate of drug-likeness (QED) is 0.643. The van der Waals surface area contributed by atoms with Crippen LogP contribution < -0.4 is 4.90 Å². The van der Waals surface area contributed by atoms with E-state index in [-0.39, 0.29) is 5.92 Å². The zero-order chi connectivity index (χ0) is 17.5. The van der Waals surface area contributed by atoms with Crippen LogP contribution in [-0.4, -0.2) is 44.1 Å². The van der Waals surface area contributed by atoms with E-state index in [4.69, 9.17) is 5.11 Å². The molecule has 128 valence electrons. The SMILES string of the molecule is Brc1cnc(Br)cn1.O=C(O)C1CCN(c2cnc(Br)cn2)CC1. The Balaban J connectivity index is 0.000000219. The van der Waals surface area contributed by atoms with Crippen LogP contribution in [0.4, 0.5) is 5.82 Å². The van der Waals surface area contributed by atoms with Crippen molar-refractivity contribution in [2.24, 2.45) is 5.92 Å². The smallest absolute Gasteiger partial charge is 0.306 e. The fourth-order valence-electron chi connectivity index (χ4n) is 2.12. The summed E-state index contributed by atoms with van der Waals surface area (Å²) in [6.07, 6.45) is 7.96. The summed E-state index contributed by atoms with van der Waals surface area (Å²) < 4.78 is 2.21. The predicted molar refractivity (Wildman–Crippen MR) is 99.7 cm³/mol. The first-order chi connectivity index (χ1) is 11.5. The summed E-state index contributed by atoms with van der Waals surface area (Å²) in [6.45, 7) is 1.46. The van der Waals surface area contributed by atoms with Gasteiger partial charge in [-0.1, -0.05) is 0 Å². The molecule has 2 aromatic rings. The number of anilines is 1. The Hall–Kier alpha value is -1.13. The summed E-state index contributed by atoms with van der Waals surface area (Å²) in [5, 5.41) is 8.88. The molecule has 1 aliphatic heterocycles. The van der Waals surface area contributed by atoms with E-state index in [1.54, 1.807) is 24.8 Å². The lowest BCUT2D eigenvalue weighted by atomic mass is 9.97. The van der Waals surface area contributed by atoms with Crippen molar-refractivity contribution in [2.45, 2.75) is 12.8 Å². The lowest BCUT2D eigenvalue weighted by molar-refractivity contribution is -0.142. The van der Waals surface area contributed by atoms with Gasteiger partial charge >= 0.3 is 5.97 Å². The van der Waals surface area contributed by atoms with Crippen molar-refractivity contribution < 1.29 is 9.90 Å². The van der Waals surface area contributed by atoms with Gasteiger partial charge in [-0.3, -0.25) is 4.79 Å². The minimum atomic E-state index is -0.693. The number of hydrogen-bond donors (Lipinski definition) is 1. The van der Waals surface area contributed by atoms with Crippen LogP contribution in [0.25, 0.3) is 0 Å². The van der Waals surface area contributed by atoms with Gasteiger partial charge in [-0.2, -0.15) is 0 Å². The molecular formula is C14H14Br3N5O2. The van der Waals surface area contributed by atoms with Crippen molar-refractivity contribution in [1.29, 1.82) is 0 Å². The summed E-state index contributed by atoms with van der Waals surface area (Å²) >= 11 is 9.53. The molecule has 0 aromatic carbocycles. The third-order valence-corrected chi connectivity index (χ3v) is 4.59. The van der Waals surface area contributed by atoms with Crippen molar-refractivity contribution in [3.05, 3.63) is 38.6 Å². The third-order valence-electron chi connectivity index (χ3n) is 3.36. The molecule has 1 aliphatic rings. The molecule has 2 aromatic heterocycles. The molecule has 0 atom stereocenters.